The maximum absolute atomic E-state index is 12.1. The summed E-state index contributed by atoms with van der Waals surface area (Å²) >= 11 is 3.39. The highest BCUT2D eigenvalue weighted by atomic mass is 79.9. The van der Waals surface area contributed by atoms with Crippen molar-refractivity contribution in [3.63, 3.8) is 0 Å². The van der Waals surface area contributed by atoms with Gasteiger partial charge < -0.3 is 10.1 Å². The van der Waals surface area contributed by atoms with Gasteiger partial charge in [-0.1, -0.05) is 0 Å². The first-order chi connectivity index (χ1) is 8.58. The van der Waals surface area contributed by atoms with Crippen LogP contribution in [0.1, 0.15) is 34.6 Å². The van der Waals surface area contributed by atoms with Crippen molar-refractivity contribution in [1.29, 1.82) is 0 Å². The fourth-order valence-corrected chi connectivity index (χ4v) is 2.55. The average molecular weight is 313 g/mol. The third kappa shape index (κ3) is 3.09. The molecule has 2 rings (SSSR count). The molecule has 0 aromatic carbocycles. The highest BCUT2D eigenvalue weighted by Crippen LogP contribution is 2.19. The van der Waals surface area contributed by atoms with Gasteiger partial charge >= 0.3 is 0 Å². The van der Waals surface area contributed by atoms with E-state index in [-0.39, 0.29) is 11.9 Å². The Morgan fingerprint density at radius 2 is 2.33 bits per heavy atom. The molecule has 1 fully saturated rings. The Balaban J connectivity index is 2.10. The van der Waals surface area contributed by atoms with Gasteiger partial charge in [-0.2, -0.15) is 0 Å². The summed E-state index contributed by atoms with van der Waals surface area (Å²) in [4.78, 5) is 16.5. The van der Waals surface area contributed by atoms with Crippen LogP contribution in [-0.4, -0.2) is 30.1 Å². The summed E-state index contributed by atoms with van der Waals surface area (Å²) in [7, 11) is 0. The van der Waals surface area contributed by atoms with Crippen molar-refractivity contribution in [1.82, 2.24) is 10.3 Å². The van der Waals surface area contributed by atoms with Crippen molar-refractivity contribution in [2.75, 3.05) is 13.2 Å². The minimum absolute atomic E-state index is 0.0987. The lowest BCUT2D eigenvalue weighted by atomic mass is 10.1. The lowest BCUT2D eigenvalue weighted by Gasteiger charge is -2.23. The second-order valence-electron chi connectivity index (χ2n) is 4.61. The van der Waals surface area contributed by atoms with Crippen LogP contribution in [0, 0.1) is 13.8 Å². The molecule has 1 aliphatic rings. The fourth-order valence-electron chi connectivity index (χ4n) is 1.94. The number of nitrogens with one attached hydrogen (secondary N) is 1. The second-order valence-corrected chi connectivity index (χ2v) is 5.46. The van der Waals surface area contributed by atoms with Gasteiger partial charge in [-0.3, -0.25) is 4.79 Å². The molecule has 1 aromatic rings. The highest BCUT2D eigenvalue weighted by molar-refractivity contribution is 9.10. The van der Waals surface area contributed by atoms with Gasteiger partial charge in [0.05, 0.1) is 12.6 Å². The minimum Gasteiger partial charge on any atom is -0.379 e. The molecule has 1 N–H and O–H groups in total. The molecule has 5 heteroatoms. The van der Waals surface area contributed by atoms with Gasteiger partial charge in [0.1, 0.15) is 5.69 Å². The number of pyridine rings is 1. The predicted molar refractivity (Wildman–Crippen MR) is 72.7 cm³/mol. The average Bonchev–Trinajstić information content (AvgIpc) is 2.35. The van der Waals surface area contributed by atoms with E-state index in [1.807, 2.05) is 19.9 Å². The van der Waals surface area contributed by atoms with Crippen molar-refractivity contribution >= 4 is 21.8 Å². The zero-order valence-electron chi connectivity index (χ0n) is 10.6. The van der Waals surface area contributed by atoms with Crippen molar-refractivity contribution in [2.45, 2.75) is 32.7 Å². The number of nitrogens with zero attached hydrogens (tertiary/aromatic N) is 1. The minimum atomic E-state index is -0.138. The summed E-state index contributed by atoms with van der Waals surface area (Å²) in [6.45, 7) is 5.26. The number of aromatic nitrogens is 1. The third-order valence-electron chi connectivity index (χ3n) is 3.13. The van der Waals surface area contributed by atoms with Gasteiger partial charge in [0.25, 0.3) is 5.91 Å². The number of hydrogen-bond donors (Lipinski definition) is 1. The number of hydrogen-bond acceptors (Lipinski definition) is 3. The lowest BCUT2D eigenvalue weighted by molar-refractivity contribution is 0.0621. The molecular formula is C13H17BrN2O2. The Bertz CT molecular complexity index is 457. The summed E-state index contributed by atoms with van der Waals surface area (Å²) in [5.74, 6) is -0.138. The monoisotopic (exact) mass is 312 g/mol. The predicted octanol–water partition coefficient (Wildman–Crippen LogP) is 2.37. The van der Waals surface area contributed by atoms with Crippen molar-refractivity contribution in [3.8, 4) is 0 Å². The number of carbonyl (C=O) groups excluding carboxylic acids is 1. The number of aryl methyl sites for hydroxylation is 2. The SMILES string of the molecule is Cc1cc(Br)c(C(=O)NC2CCCOC2)nc1C. The molecule has 0 saturated carbocycles. The van der Waals surface area contributed by atoms with Crippen LogP contribution in [0.5, 0.6) is 0 Å². The number of amides is 1. The van der Waals surface area contributed by atoms with Crippen LogP contribution in [0.2, 0.25) is 0 Å². The Morgan fingerprint density at radius 3 is 3.00 bits per heavy atom. The van der Waals surface area contributed by atoms with E-state index in [1.54, 1.807) is 0 Å². The van der Waals surface area contributed by atoms with E-state index in [9.17, 15) is 4.79 Å². The van der Waals surface area contributed by atoms with Gasteiger partial charge in [0.2, 0.25) is 0 Å². The van der Waals surface area contributed by atoms with Crippen LogP contribution in [0.3, 0.4) is 0 Å². The second kappa shape index (κ2) is 5.80. The Labute approximate surface area is 115 Å². The summed E-state index contributed by atoms with van der Waals surface area (Å²) in [5.41, 5.74) is 2.39. The van der Waals surface area contributed by atoms with Gasteiger partial charge in [-0.25, -0.2) is 4.98 Å². The molecule has 0 bridgehead atoms. The Morgan fingerprint density at radius 1 is 1.56 bits per heavy atom. The van der Waals surface area contributed by atoms with E-state index >= 15 is 0 Å². The van der Waals surface area contributed by atoms with Gasteiger partial charge in [0, 0.05) is 16.8 Å². The largest absolute Gasteiger partial charge is 0.379 e. The topological polar surface area (TPSA) is 51.2 Å². The molecule has 1 saturated heterocycles. The maximum atomic E-state index is 12.1. The molecule has 1 atom stereocenters. The van der Waals surface area contributed by atoms with E-state index in [0.29, 0.717) is 12.3 Å². The third-order valence-corrected chi connectivity index (χ3v) is 3.73. The smallest absolute Gasteiger partial charge is 0.271 e. The standard InChI is InChI=1S/C13H17BrN2O2/c1-8-6-11(14)12(15-9(8)2)13(17)16-10-4-3-5-18-7-10/h6,10H,3-5,7H2,1-2H3,(H,16,17). The van der Waals surface area contributed by atoms with Crippen molar-refractivity contribution in [3.05, 3.63) is 27.5 Å². The Kier molecular flexibility index (Phi) is 4.35. The van der Waals surface area contributed by atoms with Gasteiger partial charge in [-0.05, 0) is 54.2 Å². The Hall–Kier alpha value is -0.940. The summed E-state index contributed by atoms with van der Waals surface area (Å²) < 4.78 is 6.08. The molecule has 2 heterocycles. The fraction of sp³-hybridized carbons (Fsp3) is 0.538. The molecule has 1 aliphatic heterocycles. The maximum Gasteiger partial charge on any atom is 0.271 e. The lowest BCUT2D eigenvalue weighted by Crippen LogP contribution is -2.41. The summed E-state index contributed by atoms with van der Waals surface area (Å²) in [6, 6.07) is 2.02. The quantitative estimate of drug-likeness (QED) is 0.912. The van der Waals surface area contributed by atoms with Crippen molar-refractivity contribution in [2.24, 2.45) is 0 Å². The molecule has 1 unspecified atom stereocenters. The molecule has 0 spiro atoms. The molecule has 4 nitrogen and oxygen atoms in total. The number of carbonyl (C=O) groups is 1. The first kappa shape index (κ1) is 13.5. The van der Waals surface area contributed by atoms with E-state index in [0.717, 1.165) is 35.2 Å². The van der Waals surface area contributed by atoms with E-state index in [4.69, 9.17) is 4.74 Å². The molecule has 1 amide bonds. The van der Waals surface area contributed by atoms with Crippen LogP contribution in [0.4, 0.5) is 0 Å². The number of ether oxygens (including phenoxy) is 1. The molecule has 1 aromatic heterocycles. The molecular weight excluding hydrogens is 296 g/mol. The van der Waals surface area contributed by atoms with Crippen LogP contribution < -0.4 is 5.32 Å². The highest BCUT2D eigenvalue weighted by Gasteiger charge is 2.20. The number of halogens is 1. The van der Waals surface area contributed by atoms with E-state index in [1.165, 1.54) is 0 Å². The van der Waals surface area contributed by atoms with Crippen LogP contribution in [-0.2, 0) is 4.74 Å². The zero-order chi connectivity index (χ0) is 13.1. The summed E-state index contributed by atoms with van der Waals surface area (Å²) in [6.07, 6.45) is 1.96. The first-order valence-electron chi connectivity index (χ1n) is 6.10. The van der Waals surface area contributed by atoms with Gasteiger partial charge in [0.15, 0.2) is 0 Å². The molecule has 98 valence electrons. The van der Waals surface area contributed by atoms with Crippen LogP contribution in [0.25, 0.3) is 0 Å². The first-order valence-corrected chi connectivity index (χ1v) is 6.89. The van der Waals surface area contributed by atoms with Crippen molar-refractivity contribution < 1.29 is 9.53 Å². The van der Waals surface area contributed by atoms with Gasteiger partial charge in [-0.15, -0.1) is 0 Å². The summed E-state index contributed by atoms with van der Waals surface area (Å²) in [5, 5.41) is 2.97. The van der Waals surface area contributed by atoms with E-state index < -0.39 is 0 Å². The number of rotatable bonds is 2. The zero-order valence-corrected chi connectivity index (χ0v) is 12.2. The molecule has 18 heavy (non-hydrogen) atoms. The van der Waals surface area contributed by atoms with E-state index in [2.05, 4.69) is 26.2 Å². The molecule has 0 aliphatic carbocycles. The normalized spacial score (nSPS) is 19.6. The van der Waals surface area contributed by atoms with Crippen LogP contribution >= 0.6 is 15.9 Å². The molecule has 0 radical (unpaired) electrons. The van der Waals surface area contributed by atoms with Crippen LogP contribution in [0.15, 0.2) is 10.5 Å².